The average molecular weight is 521 g/mol. The van der Waals surface area contributed by atoms with Crippen LogP contribution < -0.4 is 0 Å². The van der Waals surface area contributed by atoms with E-state index in [-0.39, 0.29) is 0 Å². The summed E-state index contributed by atoms with van der Waals surface area (Å²) < 4.78 is 6.13. The molecule has 0 saturated heterocycles. The van der Waals surface area contributed by atoms with Crippen LogP contribution in [-0.2, 0) is 28.9 Å². The third-order valence-electron chi connectivity index (χ3n) is 6.81. The molecular formula is C31H37ClN2O3. The molecule has 3 aromatic rings. The molecule has 1 atom stereocenters. The number of ether oxygens (including phenoxy) is 1. The monoisotopic (exact) mass is 520 g/mol. The second kappa shape index (κ2) is 11.3. The van der Waals surface area contributed by atoms with Crippen molar-refractivity contribution in [1.82, 2.24) is 9.88 Å². The van der Waals surface area contributed by atoms with Gasteiger partial charge in [0.25, 0.3) is 0 Å². The molecule has 6 heteroatoms. The van der Waals surface area contributed by atoms with Crippen molar-refractivity contribution in [1.29, 1.82) is 0 Å². The first-order valence-electron chi connectivity index (χ1n) is 13.0. The number of carboxylic acids is 1. The zero-order valence-corrected chi connectivity index (χ0v) is 23.2. The van der Waals surface area contributed by atoms with Gasteiger partial charge in [0.15, 0.2) is 6.10 Å². The van der Waals surface area contributed by atoms with E-state index in [4.69, 9.17) is 21.3 Å². The Bertz CT molecular complexity index is 1250. The summed E-state index contributed by atoms with van der Waals surface area (Å²) in [5, 5.41) is 11.0. The predicted molar refractivity (Wildman–Crippen MR) is 149 cm³/mol. The van der Waals surface area contributed by atoms with Gasteiger partial charge in [0.1, 0.15) is 0 Å². The summed E-state index contributed by atoms with van der Waals surface area (Å²) in [7, 11) is 0. The van der Waals surface area contributed by atoms with Gasteiger partial charge in [-0.3, -0.25) is 9.88 Å². The molecule has 0 aliphatic carbocycles. The highest BCUT2D eigenvalue weighted by atomic mass is 35.5. The Balaban J connectivity index is 1.70. The fourth-order valence-corrected chi connectivity index (χ4v) is 5.19. The van der Waals surface area contributed by atoms with Crippen molar-refractivity contribution in [3.8, 4) is 11.1 Å². The average Bonchev–Trinajstić information content (AvgIpc) is 2.83. The van der Waals surface area contributed by atoms with E-state index in [1.807, 2.05) is 39.8 Å². The second-order valence-electron chi connectivity index (χ2n) is 11.0. The van der Waals surface area contributed by atoms with Crippen molar-refractivity contribution >= 4 is 17.6 Å². The number of benzene rings is 2. The number of aliphatic carboxylic acids is 1. The minimum Gasteiger partial charge on any atom is -0.479 e. The Labute approximate surface area is 225 Å². The van der Waals surface area contributed by atoms with Crippen LogP contribution in [0.15, 0.2) is 48.5 Å². The third kappa shape index (κ3) is 6.78. The standard InChI is InChI=1S/C31H37ClN2O3/c1-20-8-12-23(13-9-20)28-25-19-34(17-6-7-22-10-14-24(32)15-11-22)18-16-26(25)33-21(2)27(28)29(30(35)36)37-31(3,4)5/h8-15,29H,6-7,16-19H2,1-5H3,(H,35,36)/t29-/m0/s1. The minimum atomic E-state index is -1.10. The van der Waals surface area contributed by atoms with Gasteiger partial charge in [0.2, 0.25) is 0 Å². The Kier molecular flexibility index (Phi) is 8.37. The summed E-state index contributed by atoms with van der Waals surface area (Å²) in [5.74, 6) is -0.997. The lowest BCUT2D eigenvalue weighted by Crippen LogP contribution is -2.34. The van der Waals surface area contributed by atoms with Gasteiger partial charge in [0.05, 0.1) is 5.60 Å². The van der Waals surface area contributed by atoms with Crippen molar-refractivity contribution in [2.75, 3.05) is 13.1 Å². The highest BCUT2D eigenvalue weighted by Gasteiger charge is 2.34. The topological polar surface area (TPSA) is 62.7 Å². The Morgan fingerprint density at radius 2 is 1.78 bits per heavy atom. The fraction of sp³-hybridized carbons (Fsp3) is 0.419. The first-order valence-corrected chi connectivity index (χ1v) is 13.4. The number of aryl methyl sites for hydroxylation is 3. The molecule has 1 aliphatic heterocycles. The number of pyridine rings is 1. The number of rotatable bonds is 8. The first kappa shape index (κ1) is 27.3. The molecule has 0 spiro atoms. The Morgan fingerprint density at radius 1 is 1.11 bits per heavy atom. The van der Waals surface area contributed by atoms with Crippen LogP contribution in [0.25, 0.3) is 11.1 Å². The Hall–Kier alpha value is -2.73. The van der Waals surface area contributed by atoms with E-state index < -0.39 is 17.7 Å². The van der Waals surface area contributed by atoms with Gasteiger partial charge < -0.3 is 9.84 Å². The van der Waals surface area contributed by atoms with Crippen LogP contribution in [-0.4, -0.2) is 39.7 Å². The molecule has 0 radical (unpaired) electrons. The van der Waals surface area contributed by atoms with Crippen LogP contribution in [0, 0.1) is 13.8 Å². The zero-order chi connectivity index (χ0) is 26.7. The number of hydrogen-bond acceptors (Lipinski definition) is 4. The van der Waals surface area contributed by atoms with Gasteiger partial charge in [0, 0.05) is 41.5 Å². The van der Waals surface area contributed by atoms with Crippen LogP contribution in [0.2, 0.25) is 5.02 Å². The summed E-state index contributed by atoms with van der Waals surface area (Å²) >= 11 is 6.03. The molecule has 0 bridgehead atoms. The molecule has 1 aliphatic rings. The van der Waals surface area contributed by atoms with Gasteiger partial charge in [-0.15, -0.1) is 0 Å². The highest BCUT2D eigenvalue weighted by Crippen LogP contribution is 2.40. The Morgan fingerprint density at radius 3 is 2.41 bits per heavy atom. The maximum Gasteiger partial charge on any atom is 0.337 e. The lowest BCUT2D eigenvalue weighted by molar-refractivity contribution is -0.160. The van der Waals surface area contributed by atoms with Crippen molar-refractivity contribution in [3.05, 3.63) is 87.2 Å². The number of carboxylic acid groups (broad SMARTS) is 1. The van der Waals surface area contributed by atoms with E-state index >= 15 is 0 Å². The molecule has 0 amide bonds. The van der Waals surface area contributed by atoms with Gasteiger partial charge in [-0.2, -0.15) is 0 Å². The molecule has 1 N–H and O–H groups in total. The SMILES string of the molecule is Cc1ccc(-c2c3c(nc(C)c2[C@H](OC(C)(C)C)C(=O)O)CCN(CCCc2ccc(Cl)cc2)C3)cc1. The summed E-state index contributed by atoms with van der Waals surface area (Å²) in [6.45, 7) is 12.3. The molecule has 0 saturated carbocycles. The molecule has 1 aromatic heterocycles. The van der Waals surface area contributed by atoms with Crippen molar-refractivity contribution < 1.29 is 14.6 Å². The molecule has 2 aromatic carbocycles. The van der Waals surface area contributed by atoms with E-state index in [2.05, 4.69) is 48.2 Å². The van der Waals surface area contributed by atoms with E-state index in [0.717, 1.165) is 77.6 Å². The highest BCUT2D eigenvalue weighted by molar-refractivity contribution is 6.30. The first-order chi connectivity index (χ1) is 17.5. The lowest BCUT2D eigenvalue weighted by atomic mass is 9.87. The molecule has 37 heavy (non-hydrogen) atoms. The van der Waals surface area contributed by atoms with Gasteiger partial charge in [-0.05, 0) is 88.4 Å². The summed E-state index contributed by atoms with van der Waals surface area (Å²) in [6.07, 6.45) is 1.76. The van der Waals surface area contributed by atoms with E-state index in [1.54, 1.807) is 0 Å². The minimum absolute atomic E-state index is 0.621. The van der Waals surface area contributed by atoms with E-state index in [0.29, 0.717) is 5.56 Å². The van der Waals surface area contributed by atoms with Crippen molar-refractivity contribution in [2.24, 2.45) is 0 Å². The van der Waals surface area contributed by atoms with Gasteiger partial charge in [-0.1, -0.05) is 53.6 Å². The maximum absolute atomic E-state index is 12.5. The molecule has 196 valence electrons. The number of nitrogens with zero attached hydrogens (tertiary/aromatic N) is 2. The molecule has 5 nitrogen and oxygen atoms in total. The zero-order valence-electron chi connectivity index (χ0n) is 22.5. The molecule has 4 rings (SSSR count). The number of halogens is 1. The van der Waals surface area contributed by atoms with Crippen LogP contribution in [0.5, 0.6) is 0 Å². The van der Waals surface area contributed by atoms with Crippen LogP contribution in [0.1, 0.15) is 66.9 Å². The maximum atomic E-state index is 12.5. The number of fused-ring (bicyclic) bond motifs is 1. The van der Waals surface area contributed by atoms with E-state index in [9.17, 15) is 9.90 Å². The molecule has 0 unspecified atom stereocenters. The number of aromatic nitrogens is 1. The van der Waals surface area contributed by atoms with Crippen molar-refractivity contribution in [3.63, 3.8) is 0 Å². The molecule has 0 fully saturated rings. The van der Waals surface area contributed by atoms with Crippen LogP contribution in [0.4, 0.5) is 0 Å². The number of hydrogen-bond donors (Lipinski definition) is 1. The second-order valence-corrected chi connectivity index (χ2v) is 11.4. The van der Waals surface area contributed by atoms with Crippen LogP contribution in [0.3, 0.4) is 0 Å². The molecular weight excluding hydrogens is 484 g/mol. The third-order valence-corrected chi connectivity index (χ3v) is 7.06. The quantitative estimate of drug-likeness (QED) is 0.348. The van der Waals surface area contributed by atoms with Gasteiger partial charge in [-0.25, -0.2) is 4.79 Å². The molecule has 2 heterocycles. The summed E-state index contributed by atoms with van der Waals surface area (Å²) in [4.78, 5) is 19.9. The smallest absolute Gasteiger partial charge is 0.337 e. The summed E-state index contributed by atoms with van der Waals surface area (Å²) in [6, 6.07) is 16.4. The predicted octanol–water partition coefficient (Wildman–Crippen LogP) is 6.95. The van der Waals surface area contributed by atoms with Gasteiger partial charge >= 0.3 is 5.97 Å². The van der Waals surface area contributed by atoms with Crippen LogP contribution >= 0.6 is 11.6 Å². The largest absolute Gasteiger partial charge is 0.479 e. The number of carbonyl (C=O) groups is 1. The van der Waals surface area contributed by atoms with E-state index in [1.165, 1.54) is 5.56 Å². The summed E-state index contributed by atoms with van der Waals surface area (Å²) in [5.41, 5.74) is 7.35. The lowest BCUT2D eigenvalue weighted by Gasteiger charge is -2.33. The normalized spacial score (nSPS) is 14.9. The fourth-order valence-electron chi connectivity index (χ4n) is 5.07. The van der Waals surface area contributed by atoms with Crippen molar-refractivity contribution in [2.45, 2.75) is 72.1 Å².